The van der Waals surface area contributed by atoms with Gasteiger partial charge >= 0.3 is 18.0 Å². The summed E-state index contributed by atoms with van der Waals surface area (Å²) in [6.07, 6.45) is 4.23. The number of nitrogens with one attached hydrogen (secondary N) is 4. The van der Waals surface area contributed by atoms with Crippen molar-refractivity contribution in [2.45, 2.75) is 96.4 Å². The number of carboxylic acids is 1. The van der Waals surface area contributed by atoms with Crippen LogP contribution in [0.5, 0.6) is 23.3 Å². The number of ketones is 1. The van der Waals surface area contributed by atoms with Crippen molar-refractivity contribution in [1.29, 1.82) is 0 Å². The molecule has 416 valence electrons. The number of hydrogen-bond donors (Lipinski definition) is 6. The molecule has 2 aliphatic rings. The molecule has 1 atom stereocenters. The second-order valence-corrected chi connectivity index (χ2v) is 18.9. The van der Waals surface area contributed by atoms with Crippen molar-refractivity contribution < 1.29 is 76.7 Å². The van der Waals surface area contributed by atoms with E-state index < -0.39 is 48.3 Å². The van der Waals surface area contributed by atoms with E-state index in [-0.39, 0.29) is 126 Å². The van der Waals surface area contributed by atoms with Gasteiger partial charge < -0.3 is 60.7 Å². The van der Waals surface area contributed by atoms with Crippen LogP contribution >= 0.6 is 11.3 Å². The van der Waals surface area contributed by atoms with Crippen molar-refractivity contribution in [1.82, 2.24) is 35.7 Å². The number of anilines is 1. The van der Waals surface area contributed by atoms with Crippen molar-refractivity contribution in [3.63, 3.8) is 0 Å². The highest BCUT2D eigenvalue weighted by Gasteiger charge is 2.28. The van der Waals surface area contributed by atoms with E-state index in [0.29, 0.717) is 69.2 Å². The highest BCUT2D eigenvalue weighted by molar-refractivity contribution is 7.20. The van der Waals surface area contributed by atoms with Crippen LogP contribution in [0.2, 0.25) is 0 Å². The lowest BCUT2D eigenvalue weighted by Crippen LogP contribution is -2.47. The van der Waals surface area contributed by atoms with E-state index in [4.69, 9.17) is 34.5 Å². The maximum Gasteiger partial charge on any atom is 0.312 e. The largest absolute Gasteiger partial charge is 0.491 e. The number of primary amides is 1. The van der Waals surface area contributed by atoms with Crippen molar-refractivity contribution >= 4 is 86.4 Å². The minimum absolute atomic E-state index is 0.108. The van der Waals surface area contributed by atoms with Crippen LogP contribution in [-0.4, -0.2) is 137 Å². The molecular formula is C52H61N9O16S. The number of carbonyl (C=O) groups excluding carboxylic acids is 9. The number of benzene rings is 1. The van der Waals surface area contributed by atoms with E-state index in [1.807, 2.05) is 0 Å². The Hall–Kier alpha value is -8.68. The van der Waals surface area contributed by atoms with Gasteiger partial charge in [-0.05, 0) is 61.1 Å². The number of amides is 8. The standard InChI is InChI=1S/C52H61N9O16S/c1-73-38-24-32-28-60(29-36(32)59-50(38)75-22-7-23-76-51-39(74-2)26-40-35(58-51)25-41(78-40)37(62)14-18-47(68)69)44(65)17-19-48(70)77-30-31-10-12-33(13-11-31)56-49(71)34(8-6-20-54-52(53)72)57-43(64)27-55-42(63)9-4-3-5-21-61-45(66)15-16-46(61)67/h10-13,15-16,24-26,34H,3-9,14,17-23,27-30H2,1-2H3,(H,55,63)(H,56,71)(H,57,64)(H,68,69)(H3,53,54,72)/t34-/m0/s1. The van der Waals surface area contributed by atoms with Crippen LogP contribution in [0.15, 0.2) is 54.6 Å². The summed E-state index contributed by atoms with van der Waals surface area (Å²) in [6, 6.07) is 9.69. The number of imide groups is 1. The van der Waals surface area contributed by atoms with E-state index in [1.54, 1.807) is 47.4 Å². The summed E-state index contributed by atoms with van der Waals surface area (Å²) in [7, 11) is 2.94. The summed E-state index contributed by atoms with van der Waals surface area (Å²) >= 11 is 1.20. The van der Waals surface area contributed by atoms with Gasteiger partial charge in [-0.1, -0.05) is 18.6 Å². The second-order valence-electron chi connectivity index (χ2n) is 17.9. The number of nitrogens with two attached hydrogens (primary N) is 1. The van der Waals surface area contributed by atoms with E-state index in [0.717, 1.165) is 10.5 Å². The molecule has 0 aliphatic carbocycles. The first-order valence-electron chi connectivity index (χ1n) is 25.0. The Labute approximate surface area is 451 Å². The number of fused-ring (bicyclic) bond motifs is 2. The molecule has 0 spiro atoms. The number of thiophene rings is 1. The van der Waals surface area contributed by atoms with Crippen LogP contribution < -0.4 is 45.9 Å². The minimum Gasteiger partial charge on any atom is -0.491 e. The Morgan fingerprint density at radius 3 is 2.17 bits per heavy atom. The lowest BCUT2D eigenvalue weighted by Gasteiger charge is -2.19. The Balaban J connectivity index is 0.887. The van der Waals surface area contributed by atoms with Crippen molar-refractivity contribution in [2.24, 2.45) is 5.73 Å². The van der Waals surface area contributed by atoms with Gasteiger partial charge in [-0.3, -0.25) is 48.1 Å². The van der Waals surface area contributed by atoms with Crippen LogP contribution in [0.4, 0.5) is 10.5 Å². The molecule has 25 nitrogen and oxygen atoms in total. The number of aromatic nitrogens is 2. The molecule has 4 aromatic rings. The van der Waals surface area contributed by atoms with Gasteiger partial charge in [0.25, 0.3) is 23.6 Å². The van der Waals surface area contributed by atoms with E-state index in [2.05, 4.69) is 31.2 Å². The molecular weight excluding hydrogens is 1040 g/mol. The summed E-state index contributed by atoms with van der Waals surface area (Å²) in [5.74, 6) is -3.36. The molecule has 8 amide bonds. The first-order chi connectivity index (χ1) is 37.5. The monoisotopic (exact) mass is 1100 g/mol. The van der Waals surface area contributed by atoms with Gasteiger partial charge in [0.2, 0.25) is 23.6 Å². The molecule has 7 N–H and O–H groups in total. The molecule has 3 aromatic heterocycles. The number of rotatable bonds is 32. The number of methoxy groups -OCH3 is 2. The Bertz CT molecular complexity index is 2890. The first kappa shape index (κ1) is 58.6. The van der Waals surface area contributed by atoms with Crippen molar-refractivity contribution in [3.8, 4) is 23.3 Å². The van der Waals surface area contributed by atoms with E-state index in [9.17, 15) is 47.9 Å². The third kappa shape index (κ3) is 17.7. The molecule has 0 radical (unpaired) electrons. The van der Waals surface area contributed by atoms with E-state index >= 15 is 0 Å². The van der Waals surface area contributed by atoms with Gasteiger partial charge in [0.05, 0.1) is 74.2 Å². The fraction of sp³-hybridized carbons (Fsp3) is 0.423. The van der Waals surface area contributed by atoms with E-state index in [1.165, 1.54) is 37.7 Å². The smallest absolute Gasteiger partial charge is 0.312 e. The van der Waals surface area contributed by atoms with Crippen molar-refractivity contribution in [3.05, 3.63) is 76.3 Å². The summed E-state index contributed by atoms with van der Waals surface area (Å²) in [6.45, 7) is 0.702. The molecule has 26 heteroatoms. The lowest BCUT2D eigenvalue weighted by molar-refractivity contribution is -0.147. The Morgan fingerprint density at radius 1 is 0.769 bits per heavy atom. The predicted octanol–water partition coefficient (Wildman–Crippen LogP) is 3.44. The number of ether oxygens (including phenoxy) is 5. The molecule has 1 aromatic carbocycles. The molecule has 6 rings (SSSR count). The number of esters is 1. The average molecular weight is 1100 g/mol. The van der Waals surface area contributed by atoms with Gasteiger partial charge in [0.1, 0.15) is 12.6 Å². The minimum atomic E-state index is -1.05. The third-order valence-corrected chi connectivity index (χ3v) is 13.2. The number of aliphatic carboxylic acids is 1. The van der Waals surface area contributed by atoms with Crippen molar-refractivity contribution in [2.75, 3.05) is 52.4 Å². The molecule has 0 bridgehead atoms. The molecule has 0 saturated heterocycles. The normalized spacial score (nSPS) is 12.9. The number of carbonyl (C=O) groups is 10. The van der Waals surface area contributed by atoms with Crippen LogP contribution in [0.1, 0.15) is 97.1 Å². The number of hydrogen-bond acceptors (Lipinski definition) is 18. The number of urea groups is 1. The number of nitrogens with zero attached hydrogens (tertiary/aromatic N) is 4. The predicted molar refractivity (Wildman–Crippen MR) is 278 cm³/mol. The topological polar surface area (TPSA) is 343 Å². The quantitative estimate of drug-likeness (QED) is 0.0176. The molecule has 5 heterocycles. The SMILES string of the molecule is COc1cc2c(nc1OCCCOc1nc3cc(C(=O)CCC(=O)O)sc3cc1OC)CN(C(=O)CCC(=O)OCc1ccc(NC(=O)[C@H](CCCNC(N)=O)NC(=O)CNC(=O)CCCCCN3C(=O)C=CC3=O)cc1)C2. The molecule has 2 aliphatic heterocycles. The van der Waals surface area contributed by atoms with Gasteiger partial charge in [-0.25, -0.2) is 14.8 Å². The lowest BCUT2D eigenvalue weighted by atomic mass is 10.1. The molecule has 0 unspecified atom stereocenters. The number of carboxylic acid groups (broad SMARTS) is 1. The Morgan fingerprint density at radius 2 is 1.47 bits per heavy atom. The maximum absolute atomic E-state index is 13.3. The zero-order valence-corrected chi connectivity index (χ0v) is 43.9. The fourth-order valence-electron chi connectivity index (χ4n) is 7.95. The molecule has 0 saturated carbocycles. The summed E-state index contributed by atoms with van der Waals surface area (Å²) in [5.41, 5.74) is 8.00. The van der Waals surface area contributed by atoms with Crippen LogP contribution in [0, 0.1) is 0 Å². The number of unbranched alkanes of at least 4 members (excludes halogenated alkanes) is 2. The average Bonchev–Trinajstić information content (AvgIpc) is 4.23. The maximum atomic E-state index is 13.3. The van der Waals surface area contributed by atoms with Crippen LogP contribution in [0.3, 0.4) is 0 Å². The second kappa shape index (κ2) is 29.0. The molecule has 0 fully saturated rings. The summed E-state index contributed by atoms with van der Waals surface area (Å²) in [5, 5.41) is 19.2. The summed E-state index contributed by atoms with van der Waals surface area (Å²) < 4.78 is 28.9. The first-order valence-corrected chi connectivity index (χ1v) is 25.8. The van der Waals surface area contributed by atoms with Gasteiger partial charge in [-0.15, -0.1) is 11.3 Å². The van der Waals surface area contributed by atoms with Gasteiger partial charge in [0.15, 0.2) is 17.3 Å². The molecule has 78 heavy (non-hydrogen) atoms. The summed E-state index contributed by atoms with van der Waals surface area (Å²) in [4.78, 5) is 135. The van der Waals surface area contributed by atoms with Gasteiger partial charge in [-0.2, -0.15) is 0 Å². The Kier molecular flexibility index (Phi) is 21.8. The zero-order chi connectivity index (χ0) is 56.1. The van der Waals surface area contributed by atoms with Gasteiger partial charge in [0, 0.05) is 69.2 Å². The van der Waals surface area contributed by atoms with Crippen LogP contribution in [-0.2, 0) is 62.8 Å². The number of Topliss-reactive ketones (excluding diaryl/α,β-unsaturated/α-hetero) is 1. The number of pyridine rings is 2. The third-order valence-electron chi connectivity index (χ3n) is 12.1. The van der Waals surface area contributed by atoms with Crippen LogP contribution in [0.25, 0.3) is 10.2 Å². The highest BCUT2D eigenvalue weighted by atomic mass is 32.1. The highest BCUT2D eigenvalue weighted by Crippen LogP contribution is 2.35. The zero-order valence-electron chi connectivity index (χ0n) is 43.1. The fourth-order valence-corrected chi connectivity index (χ4v) is 8.95.